The van der Waals surface area contributed by atoms with Crippen molar-refractivity contribution >= 4 is 11.9 Å². The van der Waals surface area contributed by atoms with Crippen molar-refractivity contribution in [3.8, 4) is 0 Å². The van der Waals surface area contributed by atoms with Crippen LogP contribution in [0.5, 0.6) is 0 Å². The summed E-state index contributed by atoms with van der Waals surface area (Å²) in [6, 6.07) is 0. The summed E-state index contributed by atoms with van der Waals surface area (Å²) in [6.07, 6.45) is 13.7. The van der Waals surface area contributed by atoms with Crippen molar-refractivity contribution in [3.05, 3.63) is 12.2 Å². The van der Waals surface area contributed by atoms with Gasteiger partial charge in [-0.05, 0) is 18.9 Å². The molecule has 0 aliphatic carbocycles. The summed E-state index contributed by atoms with van der Waals surface area (Å²) >= 11 is 0. The van der Waals surface area contributed by atoms with E-state index in [9.17, 15) is 9.59 Å². The largest absolute Gasteiger partial charge is 0.466 e. The lowest BCUT2D eigenvalue weighted by molar-refractivity contribution is -0.161. The third-order valence-corrected chi connectivity index (χ3v) is 3.26. The second kappa shape index (κ2) is 13.7. The Morgan fingerprint density at radius 1 is 1.00 bits per heavy atom. The number of carbonyl (C=O) groups excluding carboxylic acids is 2. The molecule has 0 radical (unpaired) electrons. The molecule has 0 heterocycles. The van der Waals surface area contributed by atoms with Gasteiger partial charge in [0.1, 0.15) is 0 Å². The van der Waals surface area contributed by atoms with Crippen molar-refractivity contribution in [2.24, 2.45) is 0 Å². The second-order valence-corrected chi connectivity index (χ2v) is 5.24. The molecule has 0 aromatic rings. The third kappa shape index (κ3) is 12.2. The van der Waals surface area contributed by atoms with Crippen LogP contribution >= 0.6 is 0 Å². The Kier molecular flexibility index (Phi) is 12.8. The van der Waals surface area contributed by atoms with E-state index in [4.69, 9.17) is 4.74 Å². The zero-order chi connectivity index (χ0) is 15.9. The monoisotopic (exact) mass is 298 g/mol. The van der Waals surface area contributed by atoms with Gasteiger partial charge in [-0.3, -0.25) is 4.79 Å². The Hall–Kier alpha value is -1.32. The SMILES string of the molecule is CCCCCCCCCC/C=C/[C@@H](OC(C)=O)C(=O)OC. The Morgan fingerprint density at radius 2 is 1.57 bits per heavy atom. The fourth-order valence-electron chi connectivity index (χ4n) is 2.08. The van der Waals surface area contributed by atoms with E-state index in [1.807, 2.05) is 6.08 Å². The van der Waals surface area contributed by atoms with E-state index in [2.05, 4.69) is 11.7 Å². The minimum absolute atomic E-state index is 0.484. The molecule has 122 valence electrons. The van der Waals surface area contributed by atoms with E-state index in [1.165, 1.54) is 59.0 Å². The van der Waals surface area contributed by atoms with Gasteiger partial charge in [-0.1, -0.05) is 57.9 Å². The van der Waals surface area contributed by atoms with E-state index in [1.54, 1.807) is 6.08 Å². The first-order chi connectivity index (χ1) is 10.1. The minimum Gasteiger partial charge on any atom is -0.466 e. The standard InChI is InChI=1S/C17H30O4/c1-4-5-6-7-8-9-10-11-12-13-14-16(17(19)20-3)21-15(2)18/h13-14,16H,4-12H2,1-3H3/b14-13+/t16-/m1/s1. The number of unbranched alkanes of at least 4 members (excludes halogenated alkanes) is 8. The van der Waals surface area contributed by atoms with Crippen LogP contribution in [-0.4, -0.2) is 25.2 Å². The molecular formula is C17H30O4. The summed E-state index contributed by atoms with van der Waals surface area (Å²) in [7, 11) is 1.28. The number of carbonyl (C=O) groups is 2. The molecule has 0 bridgehead atoms. The normalized spacial score (nSPS) is 12.3. The van der Waals surface area contributed by atoms with Crippen molar-refractivity contribution in [2.75, 3.05) is 7.11 Å². The number of hydrogen-bond acceptors (Lipinski definition) is 4. The molecule has 1 atom stereocenters. The molecule has 21 heavy (non-hydrogen) atoms. The van der Waals surface area contributed by atoms with Crippen LogP contribution in [0.25, 0.3) is 0 Å². The maximum atomic E-state index is 11.4. The van der Waals surface area contributed by atoms with Crippen LogP contribution in [0.3, 0.4) is 0 Å². The smallest absolute Gasteiger partial charge is 0.351 e. The molecule has 0 spiro atoms. The van der Waals surface area contributed by atoms with Crippen LogP contribution in [0.4, 0.5) is 0 Å². The van der Waals surface area contributed by atoms with Gasteiger partial charge in [0, 0.05) is 6.92 Å². The molecule has 0 rings (SSSR count). The average molecular weight is 298 g/mol. The van der Waals surface area contributed by atoms with Gasteiger partial charge in [-0.25, -0.2) is 4.79 Å². The van der Waals surface area contributed by atoms with Gasteiger partial charge in [0.2, 0.25) is 6.10 Å². The fourth-order valence-corrected chi connectivity index (χ4v) is 2.08. The molecular weight excluding hydrogens is 268 g/mol. The molecule has 4 heteroatoms. The second-order valence-electron chi connectivity index (χ2n) is 5.24. The van der Waals surface area contributed by atoms with Crippen molar-refractivity contribution in [3.63, 3.8) is 0 Å². The molecule has 0 amide bonds. The quantitative estimate of drug-likeness (QED) is 0.308. The topological polar surface area (TPSA) is 52.6 Å². The fraction of sp³-hybridized carbons (Fsp3) is 0.765. The Labute approximate surface area is 128 Å². The molecule has 0 unspecified atom stereocenters. The zero-order valence-corrected chi connectivity index (χ0v) is 13.7. The number of esters is 2. The van der Waals surface area contributed by atoms with Crippen LogP contribution in [0.1, 0.15) is 71.6 Å². The van der Waals surface area contributed by atoms with Gasteiger partial charge in [0.25, 0.3) is 0 Å². The molecule has 0 aliphatic rings. The van der Waals surface area contributed by atoms with Crippen LogP contribution in [0, 0.1) is 0 Å². The average Bonchev–Trinajstić information content (AvgIpc) is 2.46. The van der Waals surface area contributed by atoms with Crippen molar-refractivity contribution in [1.29, 1.82) is 0 Å². The number of allylic oxidation sites excluding steroid dienone is 1. The summed E-state index contributed by atoms with van der Waals surface area (Å²) in [4.78, 5) is 22.3. The number of methoxy groups -OCH3 is 1. The summed E-state index contributed by atoms with van der Waals surface area (Å²) in [5.41, 5.74) is 0. The summed E-state index contributed by atoms with van der Waals surface area (Å²) in [6.45, 7) is 3.51. The molecule has 0 aromatic heterocycles. The molecule has 4 nitrogen and oxygen atoms in total. The van der Waals surface area contributed by atoms with E-state index in [0.717, 1.165) is 12.8 Å². The summed E-state index contributed by atoms with van der Waals surface area (Å²) in [5.74, 6) is -1.03. The number of ether oxygens (including phenoxy) is 2. The van der Waals surface area contributed by atoms with Crippen molar-refractivity contribution in [2.45, 2.75) is 77.7 Å². The minimum atomic E-state index is -0.915. The molecule has 0 aliphatic heterocycles. The number of hydrogen-bond donors (Lipinski definition) is 0. The van der Waals surface area contributed by atoms with Crippen LogP contribution < -0.4 is 0 Å². The first-order valence-electron chi connectivity index (χ1n) is 8.03. The molecule has 0 saturated carbocycles. The third-order valence-electron chi connectivity index (χ3n) is 3.26. The number of rotatable bonds is 12. The molecule has 0 N–H and O–H groups in total. The highest BCUT2D eigenvalue weighted by Crippen LogP contribution is 2.10. The maximum absolute atomic E-state index is 11.4. The van der Waals surface area contributed by atoms with Crippen LogP contribution in [0.2, 0.25) is 0 Å². The lowest BCUT2D eigenvalue weighted by Crippen LogP contribution is -2.25. The molecule has 0 fully saturated rings. The molecule has 0 aromatic carbocycles. The van der Waals surface area contributed by atoms with Gasteiger partial charge in [0.15, 0.2) is 0 Å². The lowest BCUT2D eigenvalue weighted by Gasteiger charge is -2.10. The lowest BCUT2D eigenvalue weighted by atomic mass is 10.1. The maximum Gasteiger partial charge on any atom is 0.351 e. The predicted octanol–water partition coefficient (Wildman–Crippen LogP) is 4.18. The molecule has 0 saturated heterocycles. The highest BCUT2D eigenvalue weighted by atomic mass is 16.6. The van der Waals surface area contributed by atoms with Crippen molar-refractivity contribution in [1.82, 2.24) is 0 Å². The van der Waals surface area contributed by atoms with Gasteiger partial charge in [-0.15, -0.1) is 0 Å². The van der Waals surface area contributed by atoms with Crippen LogP contribution in [0.15, 0.2) is 12.2 Å². The highest BCUT2D eigenvalue weighted by Gasteiger charge is 2.18. The van der Waals surface area contributed by atoms with Gasteiger partial charge >= 0.3 is 11.9 Å². The predicted molar refractivity (Wildman–Crippen MR) is 83.9 cm³/mol. The Morgan fingerprint density at radius 3 is 2.10 bits per heavy atom. The summed E-state index contributed by atoms with van der Waals surface area (Å²) < 4.78 is 9.47. The Bertz CT molecular complexity index is 310. The van der Waals surface area contributed by atoms with Gasteiger partial charge in [0.05, 0.1) is 7.11 Å². The Balaban J connectivity index is 3.71. The van der Waals surface area contributed by atoms with Gasteiger partial charge < -0.3 is 9.47 Å². The first-order valence-corrected chi connectivity index (χ1v) is 8.03. The van der Waals surface area contributed by atoms with Crippen molar-refractivity contribution < 1.29 is 19.1 Å². The summed E-state index contributed by atoms with van der Waals surface area (Å²) in [5, 5.41) is 0. The van der Waals surface area contributed by atoms with E-state index in [0.29, 0.717) is 0 Å². The first kappa shape index (κ1) is 19.7. The highest BCUT2D eigenvalue weighted by molar-refractivity contribution is 5.80. The van der Waals surface area contributed by atoms with Gasteiger partial charge in [-0.2, -0.15) is 0 Å². The van der Waals surface area contributed by atoms with Crippen LogP contribution in [-0.2, 0) is 19.1 Å². The van der Waals surface area contributed by atoms with E-state index < -0.39 is 18.0 Å². The van der Waals surface area contributed by atoms with E-state index in [-0.39, 0.29) is 0 Å². The van der Waals surface area contributed by atoms with E-state index >= 15 is 0 Å². The zero-order valence-electron chi connectivity index (χ0n) is 13.7.